The van der Waals surface area contributed by atoms with E-state index in [4.69, 9.17) is 25.8 Å². The Hall–Kier alpha value is -2.02. The van der Waals surface area contributed by atoms with Gasteiger partial charge in [0.05, 0.1) is 11.7 Å². The average Bonchev–Trinajstić information content (AvgIpc) is 3.36. The number of alkyl halides is 1. The highest BCUT2D eigenvalue weighted by Crippen LogP contribution is 2.45. The maximum atomic E-state index is 13.7. The average molecular weight is 367 g/mol. The van der Waals surface area contributed by atoms with Gasteiger partial charge in [-0.3, -0.25) is 0 Å². The zero-order valence-electron chi connectivity index (χ0n) is 12.9. The molecule has 1 fully saturated rings. The fourth-order valence-corrected chi connectivity index (χ4v) is 3.07. The lowest BCUT2D eigenvalue weighted by molar-refractivity contribution is -0.136. The van der Waals surface area contributed by atoms with E-state index in [0.29, 0.717) is 12.3 Å². The van der Waals surface area contributed by atoms with Crippen molar-refractivity contribution in [2.75, 3.05) is 12.5 Å². The van der Waals surface area contributed by atoms with Crippen LogP contribution in [0.4, 0.5) is 8.78 Å². The first-order valence-corrected chi connectivity index (χ1v) is 8.22. The fraction of sp³-hybridized carbons (Fsp3) is 0.278. The molecule has 2 heterocycles. The highest BCUT2D eigenvalue weighted by Gasteiger charge is 2.57. The smallest absolute Gasteiger partial charge is 0.345 e. The molecule has 130 valence electrons. The molecule has 1 saturated heterocycles. The van der Waals surface area contributed by atoms with Gasteiger partial charge in [-0.25, -0.2) is 13.6 Å². The number of carbonyl (C=O) groups excluding carboxylic acids is 1. The van der Waals surface area contributed by atoms with Crippen LogP contribution in [0.25, 0.3) is 0 Å². The van der Waals surface area contributed by atoms with Crippen molar-refractivity contribution in [2.45, 2.75) is 18.3 Å². The summed E-state index contributed by atoms with van der Waals surface area (Å²) >= 11 is 5.85. The standard InChI is InChI=1S/C18H13ClF2O4/c19-8-10-1-4-15-11(5-10)6-13(18(25-15)9-23-18)17(22)24-16-7-12(20)2-3-14(16)21/h1-3,5-7,15H,4,8-9H2. The van der Waals surface area contributed by atoms with E-state index in [1.807, 2.05) is 12.2 Å². The van der Waals surface area contributed by atoms with Crippen molar-refractivity contribution < 1.29 is 27.8 Å². The maximum Gasteiger partial charge on any atom is 0.345 e. The molecule has 1 spiro atoms. The number of epoxide rings is 1. The molecule has 4 nitrogen and oxygen atoms in total. The first-order valence-electron chi connectivity index (χ1n) is 7.68. The number of benzene rings is 1. The predicted octanol–water partition coefficient (Wildman–Crippen LogP) is 3.42. The lowest BCUT2D eigenvalue weighted by Gasteiger charge is -2.31. The van der Waals surface area contributed by atoms with Crippen LogP contribution >= 0.6 is 11.6 Å². The van der Waals surface area contributed by atoms with Crippen LogP contribution in [0.1, 0.15) is 6.42 Å². The molecule has 2 unspecified atom stereocenters. The normalized spacial score (nSPS) is 27.2. The molecule has 4 rings (SSSR count). The molecule has 7 heteroatoms. The number of hydrogen-bond donors (Lipinski definition) is 0. The van der Waals surface area contributed by atoms with Gasteiger partial charge in [-0.15, -0.1) is 11.6 Å². The van der Waals surface area contributed by atoms with Gasteiger partial charge >= 0.3 is 5.97 Å². The molecule has 2 aliphatic heterocycles. The first kappa shape index (κ1) is 16.4. The van der Waals surface area contributed by atoms with E-state index in [9.17, 15) is 13.6 Å². The molecule has 25 heavy (non-hydrogen) atoms. The quantitative estimate of drug-likeness (QED) is 0.356. The Bertz CT molecular complexity index is 839. The van der Waals surface area contributed by atoms with Crippen molar-refractivity contribution in [1.29, 1.82) is 0 Å². The highest BCUT2D eigenvalue weighted by atomic mass is 35.5. The maximum absolute atomic E-state index is 13.7. The van der Waals surface area contributed by atoms with Crippen LogP contribution in [-0.4, -0.2) is 30.3 Å². The number of ether oxygens (including phenoxy) is 3. The summed E-state index contributed by atoms with van der Waals surface area (Å²) in [5.74, 6) is -3.69. The zero-order chi connectivity index (χ0) is 17.6. The summed E-state index contributed by atoms with van der Waals surface area (Å²) in [5.41, 5.74) is 1.81. The summed E-state index contributed by atoms with van der Waals surface area (Å²) < 4.78 is 43.2. The second-order valence-corrected chi connectivity index (χ2v) is 6.23. The molecule has 1 aromatic carbocycles. The molecule has 3 aliphatic rings. The van der Waals surface area contributed by atoms with Gasteiger partial charge in [-0.2, -0.15) is 0 Å². The number of fused-ring (bicyclic) bond motifs is 1. The summed E-state index contributed by atoms with van der Waals surface area (Å²) in [6.45, 7) is 0.204. The van der Waals surface area contributed by atoms with Crippen LogP contribution in [0, 0.1) is 11.6 Å². The molecule has 0 bridgehead atoms. The molecule has 0 amide bonds. The zero-order valence-corrected chi connectivity index (χ0v) is 13.7. The van der Waals surface area contributed by atoms with E-state index < -0.39 is 29.1 Å². The van der Waals surface area contributed by atoms with E-state index in [-0.39, 0.29) is 18.3 Å². The molecule has 1 aliphatic carbocycles. The highest BCUT2D eigenvalue weighted by molar-refractivity contribution is 6.19. The Balaban J connectivity index is 1.64. The number of hydrogen-bond acceptors (Lipinski definition) is 4. The van der Waals surface area contributed by atoms with Crippen LogP contribution in [0.3, 0.4) is 0 Å². The van der Waals surface area contributed by atoms with Crippen molar-refractivity contribution in [1.82, 2.24) is 0 Å². The Morgan fingerprint density at radius 1 is 1.36 bits per heavy atom. The third-order valence-corrected chi connectivity index (χ3v) is 4.56. The number of allylic oxidation sites excluding steroid dienone is 2. The minimum Gasteiger partial charge on any atom is -0.420 e. The molecule has 2 atom stereocenters. The summed E-state index contributed by atoms with van der Waals surface area (Å²) in [6, 6.07) is 2.65. The second-order valence-electron chi connectivity index (χ2n) is 5.96. The largest absolute Gasteiger partial charge is 0.420 e. The number of halogens is 3. The van der Waals surface area contributed by atoms with Gasteiger partial charge in [-0.1, -0.05) is 12.2 Å². The lowest BCUT2D eigenvalue weighted by Crippen LogP contribution is -2.37. The van der Waals surface area contributed by atoms with Crippen LogP contribution in [-0.2, 0) is 14.3 Å². The Labute approximate surface area is 147 Å². The summed E-state index contributed by atoms with van der Waals surface area (Å²) in [6.07, 6.45) is 5.82. The topological polar surface area (TPSA) is 48.1 Å². The van der Waals surface area contributed by atoms with Gasteiger partial charge in [0.25, 0.3) is 0 Å². The van der Waals surface area contributed by atoms with Gasteiger partial charge in [0.2, 0.25) is 5.79 Å². The van der Waals surface area contributed by atoms with E-state index in [1.54, 1.807) is 6.08 Å². The SMILES string of the molecule is O=C(Oc1cc(F)ccc1F)C1=CC2=CC(CCl)=CCC2OC12CO2. The summed E-state index contributed by atoms with van der Waals surface area (Å²) in [4.78, 5) is 12.5. The second kappa shape index (κ2) is 6.05. The third-order valence-electron chi connectivity index (χ3n) is 4.25. The van der Waals surface area contributed by atoms with Gasteiger partial charge in [0.15, 0.2) is 11.6 Å². The van der Waals surface area contributed by atoms with Crippen molar-refractivity contribution in [3.05, 3.63) is 64.8 Å². The van der Waals surface area contributed by atoms with Gasteiger partial charge in [-0.05, 0) is 35.8 Å². The third kappa shape index (κ3) is 3.01. The molecule has 0 saturated carbocycles. The van der Waals surface area contributed by atoms with E-state index in [2.05, 4.69) is 0 Å². The van der Waals surface area contributed by atoms with Crippen LogP contribution in [0.5, 0.6) is 5.75 Å². The van der Waals surface area contributed by atoms with E-state index in [0.717, 1.165) is 29.3 Å². The van der Waals surface area contributed by atoms with Crippen LogP contribution in [0.15, 0.2) is 53.1 Å². The van der Waals surface area contributed by atoms with Gasteiger partial charge < -0.3 is 14.2 Å². The molecule has 0 aromatic heterocycles. The van der Waals surface area contributed by atoms with Crippen LogP contribution in [0.2, 0.25) is 0 Å². The Morgan fingerprint density at radius 3 is 2.88 bits per heavy atom. The fourth-order valence-electron chi connectivity index (χ4n) is 2.89. The summed E-state index contributed by atoms with van der Waals surface area (Å²) in [7, 11) is 0. The predicted molar refractivity (Wildman–Crippen MR) is 85.1 cm³/mol. The van der Waals surface area contributed by atoms with E-state index in [1.165, 1.54) is 0 Å². The van der Waals surface area contributed by atoms with Gasteiger partial charge in [0, 0.05) is 11.9 Å². The van der Waals surface area contributed by atoms with Crippen molar-refractivity contribution in [3.8, 4) is 5.75 Å². The number of carbonyl (C=O) groups is 1. The number of esters is 1. The van der Waals surface area contributed by atoms with Crippen molar-refractivity contribution in [2.24, 2.45) is 0 Å². The molecule has 0 N–H and O–H groups in total. The first-order chi connectivity index (χ1) is 12.0. The monoisotopic (exact) mass is 366 g/mol. The lowest BCUT2D eigenvalue weighted by atomic mass is 9.91. The molecule has 0 radical (unpaired) electrons. The number of rotatable bonds is 3. The summed E-state index contributed by atoms with van der Waals surface area (Å²) in [5, 5.41) is 0. The van der Waals surface area contributed by atoms with Crippen molar-refractivity contribution >= 4 is 17.6 Å². The minimum atomic E-state index is -1.17. The Morgan fingerprint density at radius 2 is 2.16 bits per heavy atom. The molecule has 1 aromatic rings. The minimum absolute atomic E-state index is 0.120. The van der Waals surface area contributed by atoms with Crippen LogP contribution < -0.4 is 4.74 Å². The Kier molecular flexibility index (Phi) is 3.98. The molecular formula is C18H13ClF2O4. The van der Waals surface area contributed by atoms with Gasteiger partial charge in [0.1, 0.15) is 12.4 Å². The molecular weight excluding hydrogens is 354 g/mol. The van der Waals surface area contributed by atoms with Crippen molar-refractivity contribution in [3.63, 3.8) is 0 Å². The van der Waals surface area contributed by atoms with E-state index >= 15 is 0 Å².